The lowest BCUT2D eigenvalue weighted by Gasteiger charge is -1.97. The van der Waals surface area contributed by atoms with E-state index in [2.05, 4.69) is 60.5 Å². The Labute approximate surface area is 145 Å². The Morgan fingerprint density at radius 3 is 1.38 bits per heavy atom. The first-order chi connectivity index (χ1) is 11.8. The van der Waals surface area contributed by atoms with Crippen molar-refractivity contribution in [1.82, 2.24) is 0 Å². The topological polar surface area (TPSA) is 24.7 Å². The van der Waals surface area contributed by atoms with Gasteiger partial charge in [0.2, 0.25) is 0 Å². The van der Waals surface area contributed by atoms with Gasteiger partial charge in [-0.3, -0.25) is 0 Å². The van der Waals surface area contributed by atoms with Crippen LogP contribution in [0.4, 0.5) is 0 Å². The molecule has 0 aliphatic rings. The van der Waals surface area contributed by atoms with E-state index < -0.39 is 0 Å². The fraction of sp³-hybridized carbons (Fsp3) is 0.182. The van der Waals surface area contributed by atoms with Crippen molar-refractivity contribution in [1.29, 1.82) is 0 Å². The SMILES string of the molecule is CCC(/C=C/c1ccccc1)=NN=C(/C=C/c1ccccc1)CC. The van der Waals surface area contributed by atoms with Gasteiger partial charge in [-0.05, 0) is 36.1 Å². The van der Waals surface area contributed by atoms with Crippen LogP contribution in [-0.4, -0.2) is 11.4 Å². The summed E-state index contributed by atoms with van der Waals surface area (Å²) in [6, 6.07) is 20.5. The van der Waals surface area contributed by atoms with Crippen molar-refractivity contribution in [2.45, 2.75) is 26.7 Å². The van der Waals surface area contributed by atoms with Crippen LogP contribution >= 0.6 is 0 Å². The summed E-state index contributed by atoms with van der Waals surface area (Å²) in [4.78, 5) is 0. The molecule has 0 N–H and O–H groups in total. The zero-order valence-corrected chi connectivity index (χ0v) is 14.4. The predicted molar refractivity (Wildman–Crippen MR) is 106 cm³/mol. The van der Waals surface area contributed by atoms with Crippen molar-refractivity contribution in [3.63, 3.8) is 0 Å². The minimum Gasteiger partial charge on any atom is -0.155 e. The number of nitrogens with zero attached hydrogens (tertiary/aromatic N) is 2. The molecule has 0 amide bonds. The maximum Gasteiger partial charge on any atom is 0.0628 e. The Kier molecular flexibility index (Phi) is 7.42. The van der Waals surface area contributed by atoms with Crippen molar-refractivity contribution in [2.24, 2.45) is 10.2 Å². The summed E-state index contributed by atoms with van der Waals surface area (Å²) in [5.74, 6) is 0. The second-order valence-corrected chi connectivity index (χ2v) is 5.38. The third kappa shape index (κ3) is 6.17. The van der Waals surface area contributed by atoms with Crippen LogP contribution in [0.1, 0.15) is 37.8 Å². The van der Waals surface area contributed by atoms with Gasteiger partial charge in [0.15, 0.2) is 0 Å². The van der Waals surface area contributed by atoms with Gasteiger partial charge in [0.05, 0.1) is 11.4 Å². The number of allylic oxidation sites excluding steroid dienone is 2. The van der Waals surface area contributed by atoms with Gasteiger partial charge in [-0.15, -0.1) is 0 Å². The molecule has 0 radical (unpaired) electrons. The molecule has 2 aromatic carbocycles. The lowest BCUT2D eigenvalue weighted by molar-refractivity contribution is 1.15. The van der Waals surface area contributed by atoms with E-state index in [0.717, 1.165) is 24.3 Å². The monoisotopic (exact) mass is 316 g/mol. The lowest BCUT2D eigenvalue weighted by Crippen LogP contribution is -1.93. The lowest BCUT2D eigenvalue weighted by atomic mass is 10.2. The van der Waals surface area contributed by atoms with Gasteiger partial charge < -0.3 is 0 Å². The molecule has 0 saturated carbocycles. The first kappa shape index (κ1) is 17.6. The van der Waals surface area contributed by atoms with Crippen molar-refractivity contribution >= 4 is 23.6 Å². The smallest absolute Gasteiger partial charge is 0.0628 e. The van der Waals surface area contributed by atoms with E-state index in [-0.39, 0.29) is 0 Å². The molecule has 122 valence electrons. The zero-order valence-electron chi connectivity index (χ0n) is 14.4. The van der Waals surface area contributed by atoms with Crippen molar-refractivity contribution in [2.75, 3.05) is 0 Å². The number of rotatable bonds is 7. The molecule has 0 aliphatic heterocycles. The standard InChI is InChI=1S/C22H24N2/c1-3-21(17-15-19-11-7-5-8-12-19)23-24-22(4-2)18-16-20-13-9-6-10-14-20/h5-18H,3-4H2,1-2H3/b17-15+,18-16+,23-21?,24-22?. The Morgan fingerprint density at radius 2 is 1.04 bits per heavy atom. The van der Waals surface area contributed by atoms with Crippen molar-refractivity contribution < 1.29 is 0 Å². The quantitative estimate of drug-likeness (QED) is 0.440. The molecule has 0 aliphatic carbocycles. The van der Waals surface area contributed by atoms with E-state index in [1.165, 1.54) is 11.1 Å². The molecule has 0 fully saturated rings. The summed E-state index contributed by atoms with van der Waals surface area (Å²) in [5, 5.41) is 8.81. The molecule has 0 bridgehead atoms. The molecule has 2 nitrogen and oxygen atoms in total. The van der Waals surface area contributed by atoms with E-state index >= 15 is 0 Å². The summed E-state index contributed by atoms with van der Waals surface area (Å²) in [7, 11) is 0. The van der Waals surface area contributed by atoms with Gasteiger partial charge in [-0.25, -0.2) is 0 Å². The Morgan fingerprint density at radius 1 is 0.667 bits per heavy atom. The normalized spacial score (nSPS) is 13.1. The number of hydrogen-bond acceptors (Lipinski definition) is 2. The summed E-state index contributed by atoms with van der Waals surface area (Å²) in [5.41, 5.74) is 4.28. The minimum atomic E-state index is 0.853. The molecular formula is C22H24N2. The largest absolute Gasteiger partial charge is 0.155 e. The van der Waals surface area contributed by atoms with Gasteiger partial charge in [0.25, 0.3) is 0 Å². The predicted octanol–water partition coefficient (Wildman–Crippen LogP) is 6.03. The van der Waals surface area contributed by atoms with Crippen LogP contribution in [0.15, 0.2) is 83.0 Å². The molecule has 2 heteroatoms. The first-order valence-corrected chi connectivity index (χ1v) is 8.41. The summed E-state index contributed by atoms with van der Waals surface area (Å²) >= 11 is 0. The maximum atomic E-state index is 4.41. The summed E-state index contributed by atoms with van der Waals surface area (Å²) in [6.45, 7) is 4.18. The van der Waals surface area contributed by atoms with Gasteiger partial charge in [0, 0.05) is 0 Å². The minimum absolute atomic E-state index is 0.853. The Bertz CT molecular complexity index is 658. The highest BCUT2D eigenvalue weighted by Gasteiger charge is 1.93. The molecule has 2 aromatic rings. The highest BCUT2D eigenvalue weighted by atomic mass is 15.2. The molecule has 0 saturated heterocycles. The second kappa shape index (κ2) is 10.1. The molecule has 24 heavy (non-hydrogen) atoms. The highest BCUT2D eigenvalue weighted by molar-refractivity contribution is 6.01. The van der Waals surface area contributed by atoms with E-state index in [9.17, 15) is 0 Å². The van der Waals surface area contributed by atoms with Gasteiger partial charge in [-0.2, -0.15) is 10.2 Å². The van der Waals surface area contributed by atoms with Crippen LogP contribution in [0.25, 0.3) is 12.2 Å². The van der Waals surface area contributed by atoms with Gasteiger partial charge >= 0.3 is 0 Å². The summed E-state index contributed by atoms with van der Waals surface area (Å²) in [6.07, 6.45) is 9.92. The molecule has 0 aromatic heterocycles. The number of benzene rings is 2. The Hall–Kier alpha value is -2.74. The van der Waals surface area contributed by atoms with Crippen LogP contribution in [0.2, 0.25) is 0 Å². The van der Waals surface area contributed by atoms with Crippen molar-refractivity contribution in [3.05, 3.63) is 83.9 Å². The molecule has 0 heterocycles. The number of hydrogen-bond donors (Lipinski definition) is 0. The van der Waals surface area contributed by atoms with E-state index in [1.54, 1.807) is 0 Å². The van der Waals surface area contributed by atoms with E-state index in [0.29, 0.717) is 0 Å². The molecule has 2 rings (SSSR count). The summed E-state index contributed by atoms with van der Waals surface area (Å²) < 4.78 is 0. The first-order valence-electron chi connectivity index (χ1n) is 8.41. The van der Waals surface area contributed by atoms with Crippen LogP contribution in [-0.2, 0) is 0 Å². The molecular weight excluding hydrogens is 292 g/mol. The van der Waals surface area contributed by atoms with Crippen LogP contribution < -0.4 is 0 Å². The highest BCUT2D eigenvalue weighted by Crippen LogP contribution is 2.04. The zero-order chi connectivity index (χ0) is 17.0. The average molecular weight is 316 g/mol. The third-order valence-electron chi connectivity index (χ3n) is 3.57. The molecule has 0 spiro atoms. The maximum absolute atomic E-state index is 4.41. The Balaban J connectivity index is 2.09. The van der Waals surface area contributed by atoms with Crippen LogP contribution in [0.5, 0.6) is 0 Å². The van der Waals surface area contributed by atoms with Crippen LogP contribution in [0.3, 0.4) is 0 Å². The van der Waals surface area contributed by atoms with Gasteiger partial charge in [0.1, 0.15) is 0 Å². The van der Waals surface area contributed by atoms with Crippen molar-refractivity contribution in [3.8, 4) is 0 Å². The fourth-order valence-corrected chi connectivity index (χ4v) is 2.09. The second-order valence-electron chi connectivity index (χ2n) is 5.38. The van der Waals surface area contributed by atoms with E-state index in [1.807, 2.05) is 48.6 Å². The average Bonchev–Trinajstić information content (AvgIpc) is 2.65. The third-order valence-corrected chi connectivity index (χ3v) is 3.57. The van der Waals surface area contributed by atoms with E-state index in [4.69, 9.17) is 0 Å². The fourth-order valence-electron chi connectivity index (χ4n) is 2.09. The molecule has 0 unspecified atom stereocenters. The molecule has 0 atom stereocenters. The van der Waals surface area contributed by atoms with Gasteiger partial charge in [-0.1, -0.05) is 86.7 Å². The van der Waals surface area contributed by atoms with Crippen LogP contribution in [0, 0.1) is 0 Å².